The summed E-state index contributed by atoms with van der Waals surface area (Å²) in [4.78, 5) is 4.44. The molecule has 1 aromatic heterocycles. The van der Waals surface area contributed by atoms with E-state index < -0.39 is 6.04 Å². The number of aryl methyl sites for hydroxylation is 2. The van der Waals surface area contributed by atoms with Crippen molar-refractivity contribution in [2.75, 3.05) is 0 Å². The summed E-state index contributed by atoms with van der Waals surface area (Å²) in [7, 11) is 0. The largest absolute Gasteiger partial charge is 0.324 e. The first-order valence-corrected chi connectivity index (χ1v) is 6.57. The Kier molecular flexibility index (Phi) is 3.95. The Morgan fingerprint density at radius 2 is 2.05 bits per heavy atom. The third-order valence-electron chi connectivity index (χ3n) is 3.06. The molecule has 102 valence electrons. The number of nitrogens with zero attached hydrogens (tertiary/aromatic N) is 3. The monoisotopic (exact) mass is 262 g/mol. The lowest BCUT2D eigenvalue weighted by atomic mass is 10.1. The molecule has 4 nitrogen and oxygen atoms in total. The van der Waals surface area contributed by atoms with Gasteiger partial charge < -0.3 is 5.73 Å². The minimum Gasteiger partial charge on any atom is -0.324 e. The number of benzene rings is 1. The van der Waals surface area contributed by atoms with E-state index in [2.05, 4.69) is 10.1 Å². The van der Waals surface area contributed by atoms with Crippen molar-refractivity contribution in [1.82, 2.24) is 14.8 Å². The number of hydrogen-bond donors (Lipinski definition) is 1. The van der Waals surface area contributed by atoms with Gasteiger partial charge in [-0.3, -0.25) is 0 Å². The van der Waals surface area contributed by atoms with Crippen LogP contribution in [0.1, 0.15) is 44.0 Å². The van der Waals surface area contributed by atoms with E-state index in [1.165, 1.54) is 6.07 Å². The predicted octanol–water partition coefficient (Wildman–Crippen LogP) is 2.55. The summed E-state index contributed by atoms with van der Waals surface area (Å²) in [5.74, 6) is 1.28. The molecule has 0 radical (unpaired) electrons. The SMILES string of the molecule is CCc1nc(CC)n(-c2cccc(F)c2C(C)N)n1. The lowest BCUT2D eigenvalue weighted by Gasteiger charge is -2.14. The molecule has 0 spiro atoms. The van der Waals surface area contributed by atoms with E-state index in [0.717, 1.165) is 24.5 Å². The van der Waals surface area contributed by atoms with E-state index in [4.69, 9.17) is 5.73 Å². The van der Waals surface area contributed by atoms with Crippen LogP contribution in [0.5, 0.6) is 0 Å². The molecule has 0 saturated carbocycles. The van der Waals surface area contributed by atoms with E-state index in [1.807, 2.05) is 19.9 Å². The number of rotatable bonds is 4. The van der Waals surface area contributed by atoms with Gasteiger partial charge in [0, 0.05) is 24.4 Å². The van der Waals surface area contributed by atoms with E-state index in [1.54, 1.807) is 17.7 Å². The van der Waals surface area contributed by atoms with Crippen LogP contribution < -0.4 is 5.73 Å². The fourth-order valence-electron chi connectivity index (χ4n) is 2.12. The molecule has 1 atom stereocenters. The molecule has 2 rings (SSSR count). The minimum atomic E-state index is -0.393. The molecule has 2 N–H and O–H groups in total. The maximum absolute atomic E-state index is 14.0. The smallest absolute Gasteiger partial charge is 0.151 e. The van der Waals surface area contributed by atoms with Crippen molar-refractivity contribution in [1.29, 1.82) is 0 Å². The molecule has 5 heteroatoms. The Hall–Kier alpha value is -1.75. The van der Waals surface area contributed by atoms with Gasteiger partial charge in [-0.2, -0.15) is 5.10 Å². The zero-order chi connectivity index (χ0) is 14.0. The highest BCUT2D eigenvalue weighted by Crippen LogP contribution is 2.24. The average molecular weight is 262 g/mol. The maximum atomic E-state index is 14.0. The first-order chi connectivity index (χ1) is 9.08. The topological polar surface area (TPSA) is 56.7 Å². The first-order valence-electron chi connectivity index (χ1n) is 6.57. The van der Waals surface area contributed by atoms with Crippen LogP contribution in [0.4, 0.5) is 4.39 Å². The van der Waals surface area contributed by atoms with Gasteiger partial charge in [-0.25, -0.2) is 14.1 Å². The molecule has 0 bridgehead atoms. The molecule has 0 saturated heterocycles. The molecule has 0 aliphatic heterocycles. The number of hydrogen-bond acceptors (Lipinski definition) is 3. The van der Waals surface area contributed by atoms with E-state index >= 15 is 0 Å². The van der Waals surface area contributed by atoms with Crippen molar-refractivity contribution in [3.63, 3.8) is 0 Å². The number of nitrogens with two attached hydrogens (primary N) is 1. The molecular weight excluding hydrogens is 243 g/mol. The van der Waals surface area contributed by atoms with Crippen LogP contribution >= 0.6 is 0 Å². The van der Waals surface area contributed by atoms with Crippen molar-refractivity contribution < 1.29 is 4.39 Å². The second-order valence-electron chi connectivity index (χ2n) is 4.52. The standard InChI is InChI=1S/C14H19FN4/c1-4-12-17-13(5-2)19(18-12)11-8-6-7-10(15)14(11)9(3)16/h6-9H,4-5,16H2,1-3H3. The van der Waals surface area contributed by atoms with Crippen molar-refractivity contribution in [2.24, 2.45) is 5.73 Å². The fraction of sp³-hybridized carbons (Fsp3) is 0.429. The normalized spacial score (nSPS) is 12.7. The van der Waals surface area contributed by atoms with Gasteiger partial charge in [0.2, 0.25) is 0 Å². The van der Waals surface area contributed by atoms with Crippen LogP contribution in [-0.4, -0.2) is 14.8 Å². The lowest BCUT2D eigenvalue weighted by molar-refractivity contribution is 0.587. The summed E-state index contributed by atoms with van der Waals surface area (Å²) in [5.41, 5.74) is 7.04. The Morgan fingerprint density at radius 1 is 1.32 bits per heavy atom. The Labute approximate surface area is 112 Å². The van der Waals surface area contributed by atoms with Crippen LogP contribution in [0.3, 0.4) is 0 Å². The zero-order valence-corrected chi connectivity index (χ0v) is 11.5. The summed E-state index contributed by atoms with van der Waals surface area (Å²) >= 11 is 0. The second kappa shape index (κ2) is 5.48. The fourth-order valence-corrected chi connectivity index (χ4v) is 2.12. The van der Waals surface area contributed by atoms with Crippen molar-refractivity contribution in [3.8, 4) is 5.69 Å². The molecule has 0 fully saturated rings. The molecule has 0 aliphatic carbocycles. The molecule has 1 unspecified atom stereocenters. The Bertz CT molecular complexity index is 575. The summed E-state index contributed by atoms with van der Waals surface area (Å²) in [6.45, 7) is 5.77. The quantitative estimate of drug-likeness (QED) is 0.921. The van der Waals surface area contributed by atoms with Gasteiger partial charge in [-0.1, -0.05) is 19.9 Å². The van der Waals surface area contributed by atoms with Gasteiger partial charge in [-0.05, 0) is 19.1 Å². The van der Waals surface area contributed by atoms with Gasteiger partial charge in [-0.15, -0.1) is 0 Å². The Morgan fingerprint density at radius 3 is 2.63 bits per heavy atom. The molecule has 1 aromatic carbocycles. The van der Waals surface area contributed by atoms with Gasteiger partial charge in [0.25, 0.3) is 0 Å². The highest BCUT2D eigenvalue weighted by atomic mass is 19.1. The van der Waals surface area contributed by atoms with Crippen LogP contribution in [0.2, 0.25) is 0 Å². The lowest BCUT2D eigenvalue weighted by Crippen LogP contribution is -2.14. The van der Waals surface area contributed by atoms with Crippen LogP contribution in [-0.2, 0) is 12.8 Å². The molecule has 0 aliphatic rings. The molecule has 0 amide bonds. The van der Waals surface area contributed by atoms with Crippen LogP contribution in [0, 0.1) is 5.82 Å². The highest BCUT2D eigenvalue weighted by Gasteiger charge is 2.17. The molecule has 2 aromatic rings. The first kappa shape index (κ1) is 13.7. The molecular formula is C14H19FN4. The number of halogens is 1. The van der Waals surface area contributed by atoms with Gasteiger partial charge in [0.15, 0.2) is 5.82 Å². The average Bonchev–Trinajstić information content (AvgIpc) is 2.81. The van der Waals surface area contributed by atoms with E-state index in [0.29, 0.717) is 11.3 Å². The molecule has 1 heterocycles. The zero-order valence-electron chi connectivity index (χ0n) is 11.5. The second-order valence-corrected chi connectivity index (χ2v) is 4.52. The van der Waals surface area contributed by atoms with Crippen molar-refractivity contribution in [2.45, 2.75) is 39.7 Å². The molecule has 19 heavy (non-hydrogen) atoms. The van der Waals surface area contributed by atoms with Gasteiger partial charge >= 0.3 is 0 Å². The van der Waals surface area contributed by atoms with E-state index in [9.17, 15) is 4.39 Å². The van der Waals surface area contributed by atoms with Gasteiger partial charge in [0.1, 0.15) is 11.6 Å². The van der Waals surface area contributed by atoms with Crippen LogP contribution in [0.25, 0.3) is 5.69 Å². The third-order valence-corrected chi connectivity index (χ3v) is 3.06. The Balaban J connectivity index is 2.64. The van der Waals surface area contributed by atoms with Crippen molar-refractivity contribution >= 4 is 0 Å². The van der Waals surface area contributed by atoms with Crippen molar-refractivity contribution in [3.05, 3.63) is 41.2 Å². The van der Waals surface area contributed by atoms with E-state index in [-0.39, 0.29) is 5.82 Å². The predicted molar refractivity (Wildman–Crippen MR) is 72.7 cm³/mol. The number of aromatic nitrogens is 3. The summed E-state index contributed by atoms with van der Waals surface area (Å²) in [6.07, 6.45) is 1.49. The third kappa shape index (κ3) is 2.51. The van der Waals surface area contributed by atoms with Crippen LogP contribution in [0.15, 0.2) is 18.2 Å². The summed E-state index contributed by atoms with van der Waals surface area (Å²) in [5, 5.41) is 4.44. The summed E-state index contributed by atoms with van der Waals surface area (Å²) < 4.78 is 15.7. The maximum Gasteiger partial charge on any atom is 0.151 e. The summed E-state index contributed by atoms with van der Waals surface area (Å²) in [6, 6.07) is 4.53. The van der Waals surface area contributed by atoms with Gasteiger partial charge in [0.05, 0.1) is 5.69 Å². The highest BCUT2D eigenvalue weighted by molar-refractivity contribution is 5.43. The minimum absolute atomic E-state index is 0.303.